The summed E-state index contributed by atoms with van der Waals surface area (Å²) in [6, 6.07) is 21.3. The molecule has 0 aliphatic carbocycles. The van der Waals surface area contributed by atoms with Gasteiger partial charge < -0.3 is 20.1 Å². The van der Waals surface area contributed by atoms with E-state index < -0.39 is 6.04 Å². The summed E-state index contributed by atoms with van der Waals surface area (Å²) in [6.07, 6.45) is 1.68. The number of methoxy groups -OCH3 is 1. The van der Waals surface area contributed by atoms with Gasteiger partial charge in [0.25, 0.3) is 11.5 Å². The number of anilines is 2. The van der Waals surface area contributed by atoms with E-state index in [1.165, 1.54) is 11.3 Å². The molecule has 1 amide bonds. The SMILES string of the molecule is CCN(CC)c1ccc(/C=c2/sc3n(c2=O)[C@H](c2ccc(OC)cc2)C(C(=O)Nc2ccccc2)=C(C)N=3)c(O)c1. The van der Waals surface area contributed by atoms with Gasteiger partial charge in [-0.25, -0.2) is 4.99 Å². The van der Waals surface area contributed by atoms with Crippen LogP contribution >= 0.6 is 11.3 Å². The van der Waals surface area contributed by atoms with E-state index in [1.807, 2.05) is 66.7 Å². The van der Waals surface area contributed by atoms with Crippen molar-refractivity contribution in [2.75, 3.05) is 30.4 Å². The minimum Gasteiger partial charge on any atom is -0.507 e. The molecule has 210 valence electrons. The third-order valence-electron chi connectivity index (χ3n) is 7.16. The number of carbonyl (C=O) groups is 1. The van der Waals surface area contributed by atoms with Crippen LogP contribution in [0.2, 0.25) is 0 Å². The first-order valence-corrected chi connectivity index (χ1v) is 14.3. The molecule has 1 aliphatic rings. The fourth-order valence-electron chi connectivity index (χ4n) is 5.01. The van der Waals surface area contributed by atoms with E-state index in [-0.39, 0.29) is 17.2 Å². The third kappa shape index (κ3) is 5.53. The fourth-order valence-corrected chi connectivity index (χ4v) is 6.05. The first kappa shape index (κ1) is 27.9. The van der Waals surface area contributed by atoms with E-state index in [0.717, 1.165) is 24.3 Å². The summed E-state index contributed by atoms with van der Waals surface area (Å²) in [4.78, 5) is 34.9. The van der Waals surface area contributed by atoms with Crippen molar-refractivity contribution in [3.63, 3.8) is 0 Å². The second-order valence-electron chi connectivity index (χ2n) is 9.59. The Labute approximate surface area is 242 Å². The summed E-state index contributed by atoms with van der Waals surface area (Å²) >= 11 is 1.23. The summed E-state index contributed by atoms with van der Waals surface area (Å²) in [7, 11) is 1.59. The number of amides is 1. The largest absolute Gasteiger partial charge is 0.507 e. The topological polar surface area (TPSA) is 96.2 Å². The number of nitrogens with zero attached hydrogens (tertiary/aromatic N) is 3. The number of rotatable bonds is 8. The zero-order valence-electron chi connectivity index (χ0n) is 23.4. The van der Waals surface area contributed by atoms with E-state index in [2.05, 4.69) is 24.1 Å². The molecule has 3 aromatic carbocycles. The van der Waals surface area contributed by atoms with Crippen molar-refractivity contribution < 1.29 is 14.6 Å². The number of allylic oxidation sites excluding steroid dienone is 1. The number of hydrogen-bond donors (Lipinski definition) is 2. The lowest BCUT2D eigenvalue weighted by atomic mass is 9.95. The fraction of sp³-hybridized carbons (Fsp3) is 0.219. The number of phenols is 1. The van der Waals surface area contributed by atoms with E-state index in [9.17, 15) is 14.7 Å². The van der Waals surface area contributed by atoms with Crippen LogP contribution < -0.4 is 29.8 Å². The van der Waals surface area contributed by atoms with Gasteiger partial charge in [-0.3, -0.25) is 14.2 Å². The average molecular weight is 569 g/mol. The van der Waals surface area contributed by atoms with Crippen molar-refractivity contribution in [3.8, 4) is 11.5 Å². The lowest BCUT2D eigenvalue weighted by Gasteiger charge is -2.25. The predicted molar refractivity (Wildman–Crippen MR) is 163 cm³/mol. The number of para-hydroxylation sites is 1. The minimum absolute atomic E-state index is 0.0889. The summed E-state index contributed by atoms with van der Waals surface area (Å²) in [5.74, 6) is 0.420. The summed E-state index contributed by atoms with van der Waals surface area (Å²) in [5.41, 5.74) is 3.45. The maximum absolute atomic E-state index is 14.0. The molecular formula is C32H32N4O4S. The molecule has 41 heavy (non-hydrogen) atoms. The molecule has 0 spiro atoms. The minimum atomic E-state index is -0.707. The van der Waals surface area contributed by atoms with E-state index in [1.54, 1.807) is 30.7 Å². The molecule has 2 heterocycles. The highest BCUT2D eigenvalue weighted by molar-refractivity contribution is 7.07. The van der Waals surface area contributed by atoms with E-state index in [4.69, 9.17) is 9.73 Å². The summed E-state index contributed by atoms with van der Waals surface area (Å²) < 4.78 is 7.31. The Morgan fingerprint density at radius 3 is 2.44 bits per heavy atom. The number of aromatic hydroxyl groups is 1. The smallest absolute Gasteiger partial charge is 0.271 e. The van der Waals surface area contributed by atoms with Crippen LogP contribution in [0.1, 0.15) is 37.9 Å². The molecular weight excluding hydrogens is 536 g/mol. The van der Waals surface area contributed by atoms with Gasteiger partial charge in [0, 0.05) is 36.1 Å². The number of nitrogens with one attached hydrogen (secondary N) is 1. The Morgan fingerprint density at radius 2 is 1.80 bits per heavy atom. The van der Waals surface area contributed by atoms with Crippen molar-refractivity contribution in [3.05, 3.63) is 115 Å². The zero-order valence-corrected chi connectivity index (χ0v) is 24.2. The predicted octanol–water partition coefficient (Wildman–Crippen LogP) is 4.43. The third-order valence-corrected chi connectivity index (χ3v) is 8.14. The molecule has 9 heteroatoms. The van der Waals surface area contributed by atoms with Gasteiger partial charge in [-0.1, -0.05) is 41.7 Å². The Kier molecular flexibility index (Phi) is 8.07. The number of fused-ring (bicyclic) bond motifs is 1. The van der Waals surface area contributed by atoms with Crippen LogP contribution in [0.3, 0.4) is 0 Å². The molecule has 0 bridgehead atoms. The van der Waals surface area contributed by atoms with E-state index in [0.29, 0.717) is 37.6 Å². The molecule has 1 atom stereocenters. The molecule has 2 N–H and O–H groups in total. The van der Waals surface area contributed by atoms with Crippen molar-refractivity contribution in [2.24, 2.45) is 4.99 Å². The summed E-state index contributed by atoms with van der Waals surface area (Å²) in [5, 5.41) is 13.8. The maximum atomic E-state index is 14.0. The van der Waals surface area contributed by atoms with Crippen LogP contribution in [0.15, 0.2) is 93.9 Å². The second kappa shape index (κ2) is 11.9. The molecule has 0 fully saturated rings. The van der Waals surface area contributed by atoms with Crippen molar-refractivity contribution in [1.29, 1.82) is 0 Å². The second-order valence-corrected chi connectivity index (χ2v) is 10.6. The Hall–Kier alpha value is -4.63. The van der Waals surface area contributed by atoms with Crippen LogP contribution in [0.4, 0.5) is 11.4 Å². The average Bonchev–Trinajstić information content (AvgIpc) is 3.28. The van der Waals surface area contributed by atoms with Crippen LogP contribution in [-0.4, -0.2) is 35.8 Å². The van der Waals surface area contributed by atoms with Crippen LogP contribution in [0.5, 0.6) is 11.5 Å². The lowest BCUT2D eigenvalue weighted by Crippen LogP contribution is -2.40. The number of phenolic OH excluding ortho intramolecular Hbond substituents is 1. The quantitative estimate of drug-likeness (QED) is 0.328. The lowest BCUT2D eigenvalue weighted by molar-refractivity contribution is -0.113. The van der Waals surface area contributed by atoms with Crippen LogP contribution in [0, 0.1) is 0 Å². The number of ether oxygens (including phenoxy) is 1. The number of hydrogen-bond acceptors (Lipinski definition) is 7. The molecule has 0 unspecified atom stereocenters. The number of aromatic nitrogens is 1. The Morgan fingerprint density at radius 1 is 1.10 bits per heavy atom. The monoisotopic (exact) mass is 568 g/mol. The molecule has 1 aromatic heterocycles. The van der Waals surface area contributed by atoms with Gasteiger partial charge in [0.1, 0.15) is 11.5 Å². The van der Waals surface area contributed by atoms with Gasteiger partial charge in [-0.2, -0.15) is 0 Å². The Bertz CT molecular complexity index is 1790. The highest BCUT2D eigenvalue weighted by atomic mass is 32.1. The summed E-state index contributed by atoms with van der Waals surface area (Å²) in [6.45, 7) is 7.54. The van der Waals surface area contributed by atoms with Crippen LogP contribution in [0.25, 0.3) is 6.08 Å². The van der Waals surface area contributed by atoms with Crippen LogP contribution in [-0.2, 0) is 4.79 Å². The molecule has 0 radical (unpaired) electrons. The molecule has 0 saturated carbocycles. The zero-order chi connectivity index (χ0) is 29.1. The number of thiazole rings is 1. The van der Waals surface area contributed by atoms with Gasteiger partial charge in [0.15, 0.2) is 4.80 Å². The first-order chi connectivity index (χ1) is 19.8. The standard InChI is InChI=1S/C32H32N4O4S/c1-5-35(6-2)24-15-12-22(26(37)19-24)18-27-31(39)36-29(21-13-16-25(40-4)17-14-21)28(20(3)33-32(36)41-27)30(38)34-23-10-8-7-9-11-23/h7-19,29,37H,5-6H2,1-4H3,(H,34,38)/b27-18+/t29-/m1/s1. The Balaban J connectivity index is 1.63. The van der Waals surface area contributed by atoms with Crippen molar-refractivity contribution in [1.82, 2.24) is 4.57 Å². The first-order valence-electron chi connectivity index (χ1n) is 13.5. The highest BCUT2D eigenvalue weighted by Crippen LogP contribution is 2.32. The molecule has 4 aromatic rings. The number of benzene rings is 3. The van der Waals surface area contributed by atoms with E-state index >= 15 is 0 Å². The maximum Gasteiger partial charge on any atom is 0.271 e. The normalized spacial score (nSPS) is 14.8. The molecule has 0 saturated heterocycles. The highest BCUT2D eigenvalue weighted by Gasteiger charge is 2.32. The number of carbonyl (C=O) groups excluding carboxylic acids is 1. The van der Waals surface area contributed by atoms with Gasteiger partial charge in [0.2, 0.25) is 0 Å². The van der Waals surface area contributed by atoms with Crippen molar-refractivity contribution >= 4 is 34.7 Å². The molecule has 1 aliphatic heterocycles. The molecule has 5 rings (SSSR count). The van der Waals surface area contributed by atoms with Crippen molar-refractivity contribution in [2.45, 2.75) is 26.8 Å². The van der Waals surface area contributed by atoms with Gasteiger partial charge in [0.05, 0.1) is 29.0 Å². The van der Waals surface area contributed by atoms with Gasteiger partial charge in [-0.15, -0.1) is 0 Å². The molecule has 8 nitrogen and oxygen atoms in total. The van der Waals surface area contributed by atoms with Gasteiger partial charge >= 0.3 is 0 Å². The van der Waals surface area contributed by atoms with Gasteiger partial charge in [-0.05, 0) is 68.8 Å².